The van der Waals surface area contributed by atoms with E-state index in [4.69, 9.17) is 12.2 Å². The van der Waals surface area contributed by atoms with E-state index in [9.17, 15) is 4.79 Å². The molecule has 1 fully saturated rings. The van der Waals surface area contributed by atoms with Gasteiger partial charge in [0.25, 0.3) is 0 Å². The van der Waals surface area contributed by atoms with Crippen LogP contribution in [-0.4, -0.2) is 24.1 Å². The van der Waals surface area contributed by atoms with Crippen LogP contribution < -0.4 is 15.5 Å². The van der Waals surface area contributed by atoms with Crippen molar-refractivity contribution in [3.05, 3.63) is 24.3 Å². The molecule has 0 aromatic heterocycles. The third-order valence-corrected chi connectivity index (χ3v) is 4.21. The summed E-state index contributed by atoms with van der Waals surface area (Å²) in [5.74, 6) is 0.759. The molecule has 0 spiro atoms. The summed E-state index contributed by atoms with van der Waals surface area (Å²) >= 11 is 5.24. The lowest BCUT2D eigenvalue weighted by Gasteiger charge is -2.33. The Labute approximate surface area is 138 Å². The molecule has 0 unspecified atom stereocenters. The number of amides is 1. The van der Waals surface area contributed by atoms with Crippen molar-refractivity contribution in [3.63, 3.8) is 0 Å². The molecule has 1 aromatic rings. The monoisotopic (exact) mass is 319 g/mol. The molecule has 5 heteroatoms. The Balaban J connectivity index is 2.02. The van der Waals surface area contributed by atoms with Gasteiger partial charge in [0.15, 0.2) is 5.11 Å². The smallest absolute Gasteiger partial charge is 0.226 e. The zero-order valence-corrected chi connectivity index (χ0v) is 14.2. The van der Waals surface area contributed by atoms with Gasteiger partial charge in [-0.2, -0.15) is 0 Å². The number of thiocarbonyl (C=S) groups is 1. The van der Waals surface area contributed by atoms with E-state index < -0.39 is 0 Å². The fourth-order valence-corrected chi connectivity index (χ4v) is 2.90. The van der Waals surface area contributed by atoms with Gasteiger partial charge in [0.05, 0.1) is 11.4 Å². The number of rotatable bonds is 4. The van der Waals surface area contributed by atoms with Crippen LogP contribution in [0, 0.1) is 5.92 Å². The maximum Gasteiger partial charge on any atom is 0.226 e. The Hall–Kier alpha value is -1.62. The summed E-state index contributed by atoms with van der Waals surface area (Å²) in [5.41, 5.74) is 2.11. The number of carbonyl (C=O) groups excluding carboxylic acids is 1. The number of benzene rings is 1. The second kappa shape index (κ2) is 8.13. The van der Waals surface area contributed by atoms with Crippen LogP contribution in [0.5, 0.6) is 0 Å². The molecule has 1 amide bonds. The highest BCUT2D eigenvalue weighted by Gasteiger charge is 2.18. The van der Waals surface area contributed by atoms with E-state index in [1.165, 1.54) is 12.8 Å². The van der Waals surface area contributed by atoms with Crippen LogP contribution >= 0.6 is 12.2 Å². The molecule has 4 nitrogen and oxygen atoms in total. The van der Waals surface area contributed by atoms with Crippen molar-refractivity contribution >= 4 is 34.6 Å². The molecular formula is C17H25N3OS. The van der Waals surface area contributed by atoms with Crippen molar-refractivity contribution in [2.75, 3.05) is 23.3 Å². The van der Waals surface area contributed by atoms with E-state index in [1.54, 1.807) is 0 Å². The first-order valence-electron chi connectivity index (χ1n) is 8.05. The molecule has 0 atom stereocenters. The Kier molecular flexibility index (Phi) is 6.19. The first-order valence-corrected chi connectivity index (χ1v) is 8.45. The molecule has 0 aliphatic carbocycles. The molecule has 1 aliphatic rings. The van der Waals surface area contributed by atoms with E-state index in [1.807, 2.05) is 25.1 Å². The summed E-state index contributed by atoms with van der Waals surface area (Å²) in [6.45, 7) is 6.41. The highest BCUT2D eigenvalue weighted by Crippen LogP contribution is 2.29. The molecule has 1 heterocycles. The Morgan fingerprint density at radius 3 is 2.68 bits per heavy atom. The van der Waals surface area contributed by atoms with Gasteiger partial charge in [0.2, 0.25) is 5.91 Å². The zero-order valence-electron chi connectivity index (χ0n) is 13.4. The number of nitrogens with zero attached hydrogens (tertiary/aromatic N) is 1. The van der Waals surface area contributed by atoms with Crippen molar-refractivity contribution in [3.8, 4) is 0 Å². The Morgan fingerprint density at radius 2 is 2.00 bits per heavy atom. The standard InChI is InChI=1S/C17H25N3OS/c1-3-6-16(21)19-17(22)18-14-7-4-5-8-15(14)20-11-9-13(2)10-12-20/h4-5,7-8,13H,3,6,9-12H2,1-2H3,(H2,18,19,21,22). The quantitative estimate of drug-likeness (QED) is 0.833. The molecule has 22 heavy (non-hydrogen) atoms. The number of hydrogen-bond acceptors (Lipinski definition) is 3. The lowest BCUT2D eigenvalue weighted by molar-refractivity contribution is -0.119. The lowest BCUT2D eigenvalue weighted by atomic mass is 9.98. The van der Waals surface area contributed by atoms with E-state index in [0.717, 1.165) is 36.8 Å². The van der Waals surface area contributed by atoms with E-state index in [0.29, 0.717) is 11.5 Å². The molecule has 2 rings (SSSR count). The predicted molar refractivity (Wildman–Crippen MR) is 96.3 cm³/mol. The number of anilines is 2. The van der Waals surface area contributed by atoms with Crippen LogP contribution in [0.4, 0.5) is 11.4 Å². The molecule has 0 saturated carbocycles. The first-order chi connectivity index (χ1) is 10.6. The SMILES string of the molecule is CCCC(=O)NC(=S)Nc1ccccc1N1CCC(C)CC1. The van der Waals surface area contributed by atoms with Crippen LogP contribution in [0.25, 0.3) is 0 Å². The molecule has 0 bridgehead atoms. The van der Waals surface area contributed by atoms with Crippen molar-refractivity contribution in [1.82, 2.24) is 5.32 Å². The fourth-order valence-electron chi connectivity index (χ4n) is 2.67. The van der Waals surface area contributed by atoms with Gasteiger partial charge in [-0.15, -0.1) is 0 Å². The van der Waals surface area contributed by atoms with Crippen LogP contribution in [0.2, 0.25) is 0 Å². The van der Waals surface area contributed by atoms with Crippen LogP contribution in [0.15, 0.2) is 24.3 Å². The van der Waals surface area contributed by atoms with Gasteiger partial charge in [0.1, 0.15) is 0 Å². The maximum absolute atomic E-state index is 11.6. The number of nitrogens with one attached hydrogen (secondary N) is 2. The molecule has 1 aromatic carbocycles. The summed E-state index contributed by atoms with van der Waals surface area (Å²) in [4.78, 5) is 14.0. The third kappa shape index (κ3) is 4.70. The van der Waals surface area contributed by atoms with Crippen molar-refractivity contribution in [1.29, 1.82) is 0 Å². The minimum Gasteiger partial charge on any atom is -0.370 e. The third-order valence-electron chi connectivity index (χ3n) is 4.01. The maximum atomic E-state index is 11.6. The Bertz CT molecular complexity index is 524. The van der Waals surface area contributed by atoms with Crippen LogP contribution in [0.3, 0.4) is 0 Å². The van der Waals surface area contributed by atoms with Gasteiger partial charge in [-0.05, 0) is 49.5 Å². The fraction of sp³-hybridized carbons (Fsp3) is 0.529. The van der Waals surface area contributed by atoms with Gasteiger partial charge in [-0.25, -0.2) is 0 Å². The van der Waals surface area contributed by atoms with Gasteiger partial charge >= 0.3 is 0 Å². The molecular weight excluding hydrogens is 294 g/mol. The minimum absolute atomic E-state index is 0.0377. The van der Waals surface area contributed by atoms with E-state index >= 15 is 0 Å². The van der Waals surface area contributed by atoms with E-state index in [2.05, 4.69) is 28.5 Å². The van der Waals surface area contributed by atoms with E-state index in [-0.39, 0.29) is 5.91 Å². The number of hydrogen-bond donors (Lipinski definition) is 2. The summed E-state index contributed by atoms with van der Waals surface area (Å²) < 4.78 is 0. The van der Waals surface area contributed by atoms with Crippen molar-refractivity contribution in [2.24, 2.45) is 5.92 Å². The van der Waals surface area contributed by atoms with Crippen LogP contribution in [-0.2, 0) is 4.79 Å². The normalized spacial score (nSPS) is 15.5. The summed E-state index contributed by atoms with van der Waals surface area (Å²) in [7, 11) is 0. The summed E-state index contributed by atoms with van der Waals surface area (Å²) in [5, 5.41) is 6.27. The van der Waals surface area contributed by atoms with Crippen LogP contribution in [0.1, 0.15) is 39.5 Å². The molecule has 0 radical (unpaired) electrons. The Morgan fingerprint density at radius 1 is 1.32 bits per heavy atom. The van der Waals surface area contributed by atoms with Gasteiger partial charge in [-0.3, -0.25) is 4.79 Å². The average molecular weight is 319 g/mol. The zero-order chi connectivity index (χ0) is 15.9. The number of para-hydroxylation sites is 2. The second-order valence-corrected chi connectivity index (χ2v) is 6.35. The summed E-state index contributed by atoms with van der Waals surface area (Å²) in [6.07, 6.45) is 3.74. The lowest BCUT2D eigenvalue weighted by Crippen LogP contribution is -2.36. The van der Waals surface area contributed by atoms with Gasteiger partial charge in [-0.1, -0.05) is 26.0 Å². The highest BCUT2D eigenvalue weighted by atomic mass is 32.1. The van der Waals surface area contributed by atoms with Crippen molar-refractivity contribution in [2.45, 2.75) is 39.5 Å². The average Bonchev–Trinajstić information content (AvgIpc) is 2.49. The molecule has 2 N–H and O–H groups in total. The topological polar surface area (TPSA) is 44.4 Å². The van der Waals surface area contributed by atoms with Gasteiger partial charge in [0, 0.05) is 19.5 Å². The highest BCUT2D eigenvalue weighted by molar-refractivity contribution is 7.80. The van der Waals surface area contributed by atoms with Crippen molar-refractivity contribution < 1.29 is 4.79 Å². The number of piperidine rings is 1. The predicted octanol–water partition coefficient (Wildman–Crippen LogP) is 3.54. The minimum atomic E-state index is -0.0377. The first kappa shape index (κ1) is 16.7. The summed E-state index contributed by atoms with van der Waals surface area (Å²) in [6, 6.07) is 8.13. The van der Waals surface area contributed by atoms with Gasteiger partial charge < -0.3 is 15.5 Å². The number of carbonyl (C=O) groups is 1. The molecule has 1 aliphatic heterocycles. The molecule has 120 valence electrons. The second-order valence-electron chi connectivity index (χ2n) is 5.94. The molecule has 1 saturated heterocycles. The largest absolute Gasteiger partial charge is 0.370 e.